The molecule has 2 nitrogen and oxygen atoms in total. The molecule has 1 amide bonds. The van der Waals surface area contributed by atoms with E-state index in [0.717, 1.165) is 20.3 Å². The van der Waals surface area contributed by atoms with E-state index in [-0.39, 0.29) is 5.91 Å². The van der Waals surface area contributed by atoms with E-state index in [9.17, 15) is 4.79 Å². The van der Waals surface area contributed by atoms with E-state index in [4.69, 9.17) is 5.73 Å². The predicted octanol–water partition coefficient (Wildman–Crippen LogP) is 0.994. The lowest BCUT2D eigenvalue weighted by Crippen LogP contribution is -2.12. The molecule has 0 bridgehead atoms. The van der Waals surface area contributed by atoms with Gasteiger partial charge in [-0.3, -0.25) is 4.79 Å². The molecule has 0 saturated heterocycles. The number of allylic oxidation sites excluding steroid dienone is 2. The molecule has 10 heavy (non-hydrogen) atoms. The van der Waals surface area contributed by atoms with Gasteiger partial charge < -0.3 is 5.73 Å². The number of primary amides is 1. The number of amides is 1. The lowest BCUT2D eigenvalue weighted by molar-refractivity contribution is -0.117. The number of carbonyl (C=O) groups is 1. The van der Waals surface area contributed by atoms with Gasteiger partial charge in [0.25, 0.3) is 0 Å². The minimum absolute atomic E-state index is 0.230. The molecule has 54 valence electrons. The quantitative estimate of drug-likeness (QED) is 0.594. The van der Waals surface area contributed by atoms with Gasteiger partial charge in [-0.05, 0) is 6.16 Å². The molecule has 1 atom stereocenters. The molecule has 0 saturated carbocycles. The summed E-state index contributed by atoms with van der Waals surface area (Å²) in [4.78, 5) is 10.4. The van der Waals surface area contributed by atoms with Crippen LogP contribution in [0.3, 0.4) is 0 Å². The van der Waals surface area contributed by atoms with Crippen LogP contribution in [-0.4, -0.2) is 12.1 Å². The maximum atomic E-state index is 10.4. The van der Waals surface area contributed by atoms with Crippen LogP contribution in [0.25, 0.3) is 0 Å². The fourth-order valence-electron chi connectivity index (χ4n) is 0.846. The molecule has 1 heterocycles. The highest BCUT2D eigenvalue weighted by atomic mass is 31.1. The normalized spacial score (nSPS) is 19.0. The number of carbonyl (C=O) groups excluding carboxylic acids is 1. The van der Waals surface area contributed by atoms with Gasteiger partial charge >= 0.3 is 0 Å². The van der Waals surface area contributed by atoms with Crippen molar-refractivity contribution < 1.29 is 4.79 Å². The zero-order valence-electron chi connectivity index (χ0n) is 5.63. The van der Waals surface area contributed by atoms with Crippen LogP contribution < -0.4 is 5.73 Å². The molecule has 1 aliphatic heterocycles. The largest absolute Gasteiger partial charge is 0.369 e. The zero-order valence-corrected chi connectivity index (χ0v) is 6.63. The summed E-state index contributed by atoms with van der Waals surface area (Å²) in [6.07, 6.45) is 5.40. The van der Waals surface area contributed by atoms with Crippen LogP contribution in [0.2, 0.25) is 0 Å². The molecule has 0 aromatic rings. The standard InChI is InChI=1S/C7H10NOP/c8-7(9)4-6-2-1-3-10-5-6/h1-3,10H,4-5H2,(H2,8,9). The van der Waals surface area contributed by atoms with Crippen LogP contribution in [0.4, 0.5) is 0 Å². The average molecular weight is 155 g/mol. The first-order valence-electron chi connectivity index (χ1n) is 3.15. The molecule has 1 rings (SSSR count). The Balaban J connectivity index is 2.47. The van der Waals surface area contributed by atoms with Crippen molar-refractivity contribution in [2.45, 2.75) is 6.42 Å². The fraction of sp³-hybridized carbons (Fsp3) is 0.286. The van der Waals surface area contributed by atoms with Gasteiger partial charge in [-0.1, -0.05) is 32.1 Å². The van der Waals surface area contributed by atoms with Crippen LogP contribution >= 0.6 is 8.58 Å². The summed E-state index contributed by atoms with van der Waals surface area (Å²) in [5.74, 6) is 1.89. The van der Waals surface area contributed by atoms with Crippen LogP contribution in [0.15, 0.2) is 23.5 Å². The SMILES string of the molecule is NC(=O)CC1=CC=CPC1. The second-order valence-corrected chi connectivity index (χ2v) is 3.30. The first-order chi connectivity index (χ1) is 4.79. The second-order valence-electron chi connectivity index (χ2n) is 2.21. The molecule has 3 heteroatoms. The molecular formula is C7H10NOP. The van der Waals surface area contributed by atoms with Crippen molar-refractivity contribution >= 4 is 14.5 Å². The summed E-state index contributed by atoms with van der Waals surface area (Å²) in [5.41, 5.74) is 6.18. The summed E-state index contributed by atoms with van der Waals surface area (Å²) in [6.45, 7) is 0. The first-order valence-corrected chi connectivity index (χ1v) is 4.44. The first kappa shape index (κ1) is 7.49. The third-order valence-electron chi connectivity index (χ3n) is 1.28. The lowest BCUT2D eigenvalue weighted by Gasteiger charge is -2.04. The van der Waals surface area contributed by atoms with Crippen molar-refractivity contribution in [3.05, 3.63) is 23.5 Å². The van der Waals surface area contributed by atoms with Crippen molar-refractivity contribution in [1.29, 1.82) is 0 Å². The molecule has 2 N–H and O–H groups in total. The molecule has 0 fully saturated rings. The fourth-order valence-corrected chi connectivity index (χ4v) is 1.70. The van der Waals surface area contributed by atoms with Crippen LogP contribution in [0.1, 0.15) is 6.42 Å². The third-order valence-corrected chi connectivity index (χ3v) is 2.36. The van der Waals surface area contributed by atoms with Gasteiger partial charge in [0.2, 0.25) is 5.91 Å². The summed E-state index contributed by atoms with van der Waals surface area (Å²) >= 11 is 0. The van der Waals surface area contributed by atoms with E-state index in [1.54, 1.807) is 0 Å². The van der Waals surface area contributed by atoms with E-state index in [2.05, 4.69) is 5.82 Å². The Bertz CT molecular complexity index is 196. The van der Waals surface area contributed by atoms with Crippen LogP contribution in [0.5, 0.6) is 0 Å². The van der Waals surface area contributed by atoms with E-state index in [1.807, 2.05) is 12.2 Å². The smallest absolute Gasteiger partial charge is 0.221 e. The van der Waals surface area contributed by atoms with Gasteiger partial charge in [-0.2, -0.15) is 0 Å². The maximum absolute atomic E-state index is 10.4. The summed E-state index contributed by atoms with van der Waals surface area (Å²) < 4.78 is 0. The zero-order chi connectivity index (χ0) is 7.40. The monoisotopic (exact) mass is 155 g/mol. The molecule has 0 spiro atoms. The molecule has 0 aromatic heterocycles. The van der Waals surface area contributed by atoms with E-state index < -0.39 is 0 Å². The Morgan fingerprint density at radius 2 is 2.60 bits per heavy atom. The van der Waals surface area contributed by atoms with Gasteiger partial charge in [0.05, 0.1) is 0 Å². The Labute approximate surface area is 62.0 Å². The minimum atomic E-state index is -0.230. The Morgan fingerprint density at radius 1 is 1.80 bits per heavy atom. The third kappa shape index (κ3) is 2.32. The van der Waals surface area contributed by atoms with Crippen molar-refractivity contribution in [2.75, 3.05) is 6.16 Å². The maximum Gasteiger partial charge on any atom is 0.221 e. The summed E-state index contributed by atoms with van der Waals surface area (Å²) in [5, 5.41) is 0. The lowest BCUT2D eigenvalue weighted by atomic mass is 10.2. The average Bonchev–Trinajstić information content (AvgIpc) is 1.88. The van der Waals surface area contributed by atoms with Crippen molar-refractivity contribution in [2.24, 2.45) is 5.73 Å². The number of hydrogen-bond acceptors (Lipinski definition) is 1. The van der Waals surface area contributed by atoms with E-state index in [1.165, 1.54) is 0 Å². The van der Waals surface area contributed by atoms with Gasteiger partial charge in [0, 0.05) is 6.42 Å². The molecular weight excluding hydrogens is 145 g/mol. The highest BCUT2D eigenvalue weighted by Crippen LogP contribution is 2.22. The van der Waals surface area contributed by atoms with Gasteiger partial charge in [-0.15, -0.1) is 0 Å². The van der Waals surface area contributed by atoms with Crippen molar-refractivity contribution in [1.82, 2.24) is 0 Å². The van der Waals surface area contributed by atoms with Gasteiger partial charge in [0.1, 0.15) is 0 Å². The minimum Gasteiger partial charge on any atom is -0.369 e. The molecule has 0 aromatic carbocycles. The van der Waals surface area contributed by atoms with Crippen LogP contribution in [-0.2, 0) is 4.79 Å². The Morgan fingerprint density at radius 3 is 3.10 bits per heavy atom. The Hall–Kier alpha value is -0.620. The number of hydrogen-bond donors (Lipinski definition) is 1. The van der Waals surface area contributed by atoms with Crippen molar-refractivity contribution in [3.63, 3.8) is 0 Å². The van der Waals surface area contributed by atoms with Crippen molar-refractivity contribution in [3.8, 4) is 0 Å². The summed E-state index contributed by atoms with van der Waals surface area (Å²) in [6, 6.07) is 0. The van der Waals surface area contributed by atoms with Crippen LogP contribution in [0, 0.1) is 0 Å². The Kier molecular flexibility index (Phi) is 2.64. The number of nitrogens with two attached hydrogens (primary N) is 1. The van der Waals surface area contributed by atoms with Gasteiger partial charge in [-0.25, -0.2) is 0 Å². The highest BCUT2D eigenvalue weighted by Gasteiger charge is 2.01. The second kappa shape index (κ2) is 3.52. The highest BCUT2D eigenvalue weighted by molar-refractivity contribution is 7.42. The molecule has 1 aliphatic rings. The molecule has 0 aliphatic carbocycles. The predicted molar refractivity (Wildman–Crippen MR) is 44.2 cm³/mol. The number of rotatable bonds is 2. The summed E-state index contributed by atoms with van der Waals surface area (Å²) in [7, 11) is 0.825. The van der Waals surface area contributed by atoms with E-state index >= 15 is 0 Å². The topological polar surface area (TPSA) is 43.1 Å². The molecule has 0 radical (unpaired) electrons. The van der Waals surface area contributed by atoms with Gasteiger partial charge in [0.15, 0.2) is 0 Å². The molecule has 1 unspecified atom stereocenters. The van der Waals surface area contributed by atoms with E-state index in [0.29, 0.717) is 6.42 Å².